The molecule has 32 heavy (non-hydrogen) atoms. The molecule has 0 saturated carbocycles. The van der Waals surface area contributed by atoms with Gasteiger partial charge < -0.3 is 10.2 Å². The van der Waals surface area contributed by atoms with Crippen LogP contribution in [0.15, 0.2) is 78.0 Å². The van der Waals surface area contributed by atoms with Crippen LogP contribution >= 0.6 is 10.7 Å². The summed E-state index contributed by atoms with van der Waals surface area (Å²) in [5, 5.41) is 2.69. The molecule has 0 aliphatic carbocycles. The molecule has 2 aromatic carbocycles. The average molecular weight is 476 g/mol. The molecular formula is C22H19ClFN3O4S. The Morgan fingerprint density at radius 3 is 2.31 bits per heavy atom. The Labute approximate surface area is 189 Å². The standard InChI is InChI=1S/C22H19ClFN3O4S/c1-27(22(29)16-4-6-17(24)7-5-16)20(13-15-3-2-12-25-14-15)21(28)26-18-8-10-19(11-9-18)32(23,30)31/h2-12,14,20H,13H2,1H3,(H,26,28). The van der Waals surface area contributed by atoms with Crippen LogP contribution in [0, 0.1) is 5.82 Å². The molecule has 0 aliphatic heterocycles. The number of amides is 2. The third-order valence-corrected chi connectivity index (χ3v) is 6.11. The number of rotatable bonds is 7. The van der Waals surface area contributed by atoms with Crippen molar-refractivity contribution in [1.29, 1.82) is 0 Å². The van der Waals surface area contributed by atoms with Gasteiger partial charge in [-0.15, -0.1) is 0 Å². The van der Waals surface area contributed by atoms with Crippen molar-refractivity contribution in [3.8, 4) is 0 Å². The Balaban J connectivity index is 1.85. The number of nitrogens with one attached hydrogen (secondary N) is 1. The summed E-state index contributed by atoms with van der Waals surface area (Å²) in [6.07, 6.45) is 3.37. The monoisotopic (exact) mass is 475 g/mol. The number of carbonyl (C=O) groups is 2. The van der Waals surface area contributed by atoms with Gasteiger partial charge in [0, 0.05) is 47.8 Å². The summed E-state index contributed by atoms with van der Waals surface area (Å²) >= 11 is 0. The maximum absolute atomic E-state index is 13.2. The number of pyridine rings is 1. The predicted molar refractivity (Wildman–Crippen MR) is 118 cm³/mol. The van der Waals surface area contributed by atoms with Crippen LogP contribution < -0.4 is 5.32 Å². The van der Waals surface area contributed by atoms with Crippen LogP contribution in [-0.2, 0) is 20.3 Å². The molecule has 1 atom stereocenters. The number of hydrogen-bond donors (Lipinski definition) is 1. The van der Waals surface area contributed by atoms with Crippen molar-refractivity contribution in [3.05, 3.63) is 90.0 Å². The van der Waals surface area contributed by atoms with Crippen LogP contribution in [-0.4, -0.2) is 43.2 Å². The third-order valence-electron chi connectivity index (χ3n) is 4.74. The Morgan fingerprint density at radius 2 is 1.75 bits per heavy atom. The topological polar surface area (TPSA) is 96.4 Å². The molecule has 3 aromatic rings. The molecule has 1 N–H and O–H groups in total. The van der Waals surface area contributed by atoms with Gasteiger partial charge >= 0.3 is 0 Å². The van der Waals surface area contributed by atoms with E-state index in [1.807, 2.05) is 0 Å². The highest BCUT2D eigenvalue weighted by Crippen LogP contribution is 2.19. The van der Waals surface area contributed by atoms with E-state index in [4.69, 9.17) is 10.7 Å². The maximum atomic E-state index is 13.2. The normalized spacial score (nSPS) is 12.1. The largest absolute Gasteiger partial charge is 0.329 e. The summed E-state index contributed by atoms with van der Waals surface area (Å²) in [5.41, 5.74) is 1.29. The molecular weight excluding hydrogens is 457 g/mol. The minimum Gasteiger partial charge on any atom is -0.329 e. The van der Waals surface area contributed by atoms with Gasteiger partial charge in [0.05, 0.1) is 4.90 Å². The quantitative estimate of drug-likeness (QED) is 0.528. The summed E-state index contributed by atoms with van der Waals surface area (Å²) in [6.45, 7) is 0. The van der Waals surface area contributed by atoms with E-state index in [0.717, 1.165) is 5.56 Å². The fraction of sp³-hybridized carbons (Fsp3) is 0.136. The summed E-state index contributed by atoms with van der Waals surface area (Å²) in [7, 11) is 2.90. The van der Waals surface area contributed by atoms with Crippen LogP contribution in [0.5, 0.6) is 0 Å². The Bertz CT molecular complexity index is 1200. The Hall–Kier alpha value is -3.30. The minimum atomic E-state index is -3.89. The molecule has 0 saturated heterocycles. The van der Waals surface area contributed by atoms with E-state index >= 15 is 0 Å². The lowest BCUT2D eigenvalue weighted by atomic mass is 10.0. The molecule has 0 aliphatic rings. The lowest BCUT2D eigenvalue weighted by Gasteiger charge is -2.27. The van der Waals surface area contributed by atoms with Gasteiger partial charge in [0.1, 0.15) is 11.9 Å². The van der Waals surface area contributed by atoms with Crippen LogP contribution in [0.1, 0.15) is 15.9 Å². The van der Waals surface area contributed by atoms with Gasteiger partial charge in [0.2, 0.25) is 5.91 Å². The Kier molecular flexibility index (Phi) is 7.22. The van der Waals surface area contributed by atoms with E-state index in [2.05, 4.69) is 10.3 Å². The van der Waals surface area contributed by atoms with E-state index in [0.29, 0.717) is 5.69 Å². The van der Waals surface area contributed by atoms with Crippen molar-refractivity contribution in [2.45, 2.75) is 17.4 Å². The number of carbonyl (C=O) groups excluding carboxylic acids is 2. The number of likely N-dealkylation sites (N-methyl/N-ethyl adjacent to an activating group) is 1. The number of benzene rings is 2. The maximum Gasteiger partial charge on any atom is 0.261 e. The molecule has 10 heteroatoms. The lowest BCUT2D eigenvalue weighted by molar-refractivity contribution is -0.120. The van der Waals surface area contributed by atoms with Gasteiger partial charge in [-0.2, -0.15) is 0 Å². The van der Waals surface area contributed by atoms with Crippen LogP contribution in [0.3, 0.4) is 0 Å². The molecule has 166 valence electrons. The highest BCUT2D eigenvalue weighted by atomic mass is 35.7. The second kappa shape index (κ2) is 9.88. The Morgan fingerprint density at radius 1 is 1.09 bits per heavy atom. The SMILES string of the molecule is CN(C(=O)c1ccc(F)cc1)C(Cc1cccnc1)C(=O)Nc1ccc(S(=O)(=O)Cl)cc1. The fourth-order valence-electron chi connectivity index (χ4n) is 3.01. The lowest BCUT2D eigenvalue weighted by Crippen LogP contribution is -2.46. The number of aromatic nitrogens is 1. The van der Waals surface area contributed by atoms with E-state index in [-0.39, 0.29) is 16.9 Å². The predicted octanol–water partition coefficient (Wildman–Crippen LogP) is 3.47. The molecule has 0 fully saturated rings. The van der Waals surface area contributed by atoms with Crippen LogP contribution in [0.2, 0.25) is 0 Å². The summed E-state index contributed by atoms with van der Waals surface area (Å²) in [4.78, 5) is 31.2. The second-order valence-electron chi connectivity index (χ2n) is 6.96. The molecule has 1 aromatic heterocycles. The first-order chi connectivity index (χ1) is 15.1. The molecule has 0 spiro atoms. The highest BCUT2D eigenvalue weighted by Gasteiger charge is 2.28. The highest BCUT2D eigenvalue weighted by molar-refractivity contribution is 8.13. The summed E-state index contributed by atoms with van der Waals surface area (Å²) in [6, 6.07) is 12.9. The zero-order chi connectivity index (χ0) is 23.3. The summed E-state index contributed by atoms with van der Waals surface area (Å²) in [5.74, 6) is -1.43. The van der Waals surface area contributed by atoms with E-state index in [9.17, 15) is 22.4 Å². The van der Waals surface area contributed by atoms with Crippen molar-refractivity contribution in [3.63, 3.8) is 0 Å². The van der Waals surface area contributed by atoms with E-state index < -0.39 is 32.7 Å². The summed E-state index contributed by atoms with van der Waals surface area (Å²) < 4.78 is 36.0. The van der Waals surface area contributed by atoms with Crippen molar-refractivity contribution in [1.82, 2.24) is 9.88 Å². The molecule has 1 heterocycles. The zero-order valence-corrected chi connectivity index (χ0v) is 18.5. The number of halogens is 2. The van der Waals surface area contributed by atoms with Gasteiger partial charge in [0.15, 0.2) is 0 Å². The average Bonchev–Trinajstić information content (AvgIpc) is 2.77. The van der Waals surface area contributed by atoms with Gasteiger partial charge in [-0.3, -0.25) is 14.6 Å². The van der Waals surface area contributed by atoms with Gasteiger partial charge in [-0.25, -0.2) is 12.8 Å². The molecule has 0 radical (unpaired) electrons. The fourth-order valence-corrected chi connectivity index (χ4v) is 3.78. The smallest absolute Gasteiger partial charge is 0.261 e. The molecule has 2 amide bonds. The number of hydrogen-bond acceptors (Lipinski definition) is 5. The molecule has 1 unspecified atom stereocenters. The number of anilines is 1. The first kappa shape index (κ1) is 23.4. The van der Waals surface area contributed by atoms with Crippen molar-refractivity contribution < 1.29 is 22.4 Å². The third kappa shape index (κ3) is 5.89. The van der Waals surface area contributed by atoms with Crippen molar-refractivity contribution >= 4 is 37.2 Å². The molecule has 0 bridgehead atoms. The first-order valence-electron chi connectivity index (χ1n) is 9.42. The minimum absolute atomic E-state index is 0.104. The van der Waals surface area contributed by atoms with Gasteiger partial charge in [0.25, 0.3) is 15.0 Å². The molecule has 3 rings (SSSR count). The van der Waals surface area contributed by atoms with Gasteiger partial charge in [-0.1, -0.05) is 6.07 Å². The van der Waals surface area contributed by atoms with Crippen LogP contribution in [0.25, 0.3) is 0 Å². The van der Waals surface area contributed by atoms with Crippen molar-refractivity contribution in [2.24, 2.45) is 0 Å². The zero-order valence-electron chi connectivity index (χ0n) is 16.9. The van der Waals surface area contributed by atoms with E-state index in [1.54, 1.807) is 24.5 Å². The second-order valence-corrected chi connectivity index (χ2v) is 9.52. The molecule has 7 nitrogen and oxygen atoms in total. The van der Waals surface area contributed by atoms with Crippen LogP contribution in [0.4, 0.5) is 10.1 Å². The van der Waals surface area contributed by atoms with Crippen molar-refractivity contribution in [2.75, 3.05) is 12.4 Å². The number of nitrogens with zero attached hydrogens (tertiary/aromatic N) is 2. The van der Waals surface area contributed by atoms with Gasteiger partial charge in [-0.05, 0) is 60.2 Å². The van der Waals surface area contributed by atoms with E-state index in [1.165, 1.54) is 60.5 Å². The first-order valence-corrected chi connectivity index (χ1v) is 11.7.